The van der Waals surface area contributed by atoms with Crippen LogP contribution in [0.25, 0.3) is 0 Å². The molecule has 0 aromatic heterocycles. The van der Waals surface area contributed by atoms with Gasteiger partial charge in [0.2, 0.25) is 0 Å². The summed E-state index contributed by atoms with van der Waals surface area (Å²) in [6.45, 7) is 3.30. The maximum absolute atomic E-state index is 6.04. The van der Waals surface area contributed by atoms with Crippen LogP contribution in [-0.2, 0) is 6.42 Å². The van der Waals surface area contributed by atoms with Crippen molar-refractivity contribution in [2.75, 3.05) is 6.54 Å². The molecule has 98 valence electrons. The van der Waals surface area contributed by atoms with Crippen molar-refractivity contribution in [2.45, 2.75) is 51.2 Å². The first-order valence-corrected chi connectivity index (χ1v) is 7.33. The lowest BCUT2D eigenvalue weighted by Crippen LogP contribution is -2.26. The molecule has 18 heavy (non-hydrogen) atoms. The highest BCUT2D eigenvalue weighted by atomic mass is 16.5. The van der Waals surface area contributed by atoms with E-state index < -0.39 is 0 Å². The Morgan fingerprint density at radius 1 is 1.28 bits per heavy atom. The van der Waals surface area contributed by atoms with Crippen LogP contribution in [0.1, 0.15) is 38.2 Å². The van der Waals surface area contributed by atoms with Crippen molar-refractivity contribution in [3.05, 3.63) is 29.8 Å². The molecule has 0 spiro atoms. The smallest absolute Gasteiger partial charge is 0.123 e. The Bertz CT molecular complexity index is 379. The number of hydrogen-bond acceptors (Lipinski definition) is 2. The fourth-order valence-electron chi connectivity index (χ4n) is 3.52. The van der Waals surface area contributed by atoms with Gasteiger partial charge in [0.25, 0.3) is 0 Å². The van der Waals surface area contributed by atoms with Crippen LogP contribution in [0.3, 0.4) is 0 Å². The fraction of sp³-hybridized carbons (Fsp3) is 0.625. The summed E-state index contributed by atoms with van der Waals surface area (Å²) in [5.74, 6) is 1.97. The quantitative estimate of drug-likeness (QED) is 0.880. The normalized spacial score (nSPS) is 30.2. The van der Waals surface area contributed by atoms with Crippen molar-refractivity contribution >= 4 is 0 Å². The zero-order chi connectivity index (χ0) is 12.4. The number of rotatable bonds is 4. The van der Waals surface area contributed by atoms with Crippen LogP contribution in [0.5, 0.6) is 5.75 Å². The largest absolute Gasteiger partial charge is 0.490 e. The molecule has 1 saturated carbocycles. The van der Waals surface area contributed by atoms with Gasteiger partial charge in [-0.25, -0.2) is 0 Å². The van der Waals surface area contributed by atoms with Gasteiger partial charge in [-0.15, -0.1) is 0 Å². The van der Waals surface area contributed by atoms with Crippen LogP contribution in [0.15, 0.2) is 24.3 Å². The van der Waals surface area contributed by atoms with Gasteiger partial charge in [-0.2, -0.15) is 0 Å². The first-order chi connectivity index (χ1) is 8.85. The summed E-state index contributed by atoms with van der Waals surface area (Å²) in [5, 5.41) is 3.58. The Balaban J connectivity index is 1.51. The molecular weight excluding hydrogens is 222 g/mol. The van der Waals surface area contributed by atoms with Gasteiger partial charge in [-0.3, -0.25) is 0 Å². The van der Waals surface area contributed by atoms with Crippen LogP contribution >= 0.6 is 0 Å². The highest BCUT2D eigenvalue weighted by molar-refractivity contribution is 5.37. The summed E-state index contributed by atoms with van der Waals surface area (Å²) in [7, 11) is 0. The van der Waals surface area contributed by atoms with Crippen molar-refractivity contribution in [3.8, 4) is 5.75 Å². The molecular formula is C16H23NO. The SMILES string of the molecule is CCNC1CCC(CC2Cc3ccccc3O2)C1. The molecule has 0 radical (unpaired) electrons. The second-order valence-electron chi connectivity index (χ2n) is 5.72. The van der Waals surface area contributed by atoms with Crippen molar-refractivity contribution < 1.29 is 4.74 Å². The van der Waals surface area contributed by atoms with Crippen molar-refractivity contribution in [3.63, 3.8) is 0 Å². The van der Waals surface area contributed by atoms with E-state index in [4.69, 9.17) is 4.74 Å². The highest BCUT2D eigenvalue weighted by Crippen LogP contribution is 2.35. The minimum absolute atomic E-state index is 0.424. The number of benzene rings is 1. The van der Waals surface area contributed by atoms with E-state index in [0.29, 0.717) is 6.10 Å². The number of nitrogens with one attached hydrogen (secondary N) is 1. The zero-order valence-electron chi connectivity index (χ0n) is 11.2. The van der Waals surface area contributed by atoms with E-state index in [1.54, 1.807) is 0 Å². The Morgan fingerprint density at radius 2 is 2.17 bits per heavy atom. The lowest BCUT2D eigenvalue weighted by atomic mass is 9.97. The molecule has 0 amide bonds. The summed E-state index contributed by atoms with van der Waals surface area (Å²) in [6.07, 6.45) is 6.82. The Hall–Kier alpha value is -1.02. The number of hydrogen-bond donors (Lipinski definition) is 1. The van der Waals surface area contributed by atoms with E-state index in [1.807, 2.05) is 0 Å². The van der Waals surface area contributed by atoms with Crippen molar-refractivity contribution in [2.24, 2.45) is 5.92 Å². The minimum atomic E-state index is 0.424. The molecule has 3 rings (SSSR count). The lowest BCUT2D eigenvalue weighted by Gasteiger charge is -2.16. The lowest BCUT2D eigenvalue weighted by molar-refractivity contribution is 0.193. The molecule has 1 aliphatic heterocycles. The molecule has 2 heteroatoms. The number of para-hydroxylation sites is 1. The third-order valence-corrected chi connectivity index (χ3v) is 4.34. The monoisotopic (exact) mass is 245 g/mol. The van der Waals surface area contributed by atoms with Gasteiger partial charge in [0.15, 0.2) is 0 Å². The van der Waals surface area contributed by atoms with Crippen LogP contribution in [0.2, 0.25) is 0 Å². The Kier molecular flexibility index (Phi) is 3.55. The Morgan fingerprint density at radius 3 is 3.00 bits per heavy atom. The topological polar surface area (TPSA) is 21.3 Å². The van der Waals surface area contributed by atoms with Gasteiger partial charge >= 0.3 is 0 Å². The minimum Gasteiger partial charge on any atom is -0.490 e. The van der Waals surface area contributed by atoms with Gasteiger partial charge in [0.05, 0.1) is 0 Å². The predicted octanol–water partition coefficient (Wildman–Crippen LogP) is 3.16. The van der Waals surface area contributed by atoms with E-state index in [1.165, 1.54) is 31.2 Å². The molecule has 1 aromatic carbocycles. The molecule has 1 heterocycles. The second-order valence-corrected chi connectivity index (χ2v) is 5.72. The van der Waals surface area contributed by atoms with Crippen molar-refractivity contribution in [1.82, 2.24) is 5.32 Å². The summed E-state index contributed by atoms with van der Waals surface area (Å²) in [4.78, 5) is 0. The third-order valence-electron chi connectivity index (χ3n) is 4.34. The third kappa shape index (κ3) is 2.54. The van der Waals surface area contributed by atoms with Crippen molar-refractivity contribution in [1.29, 1.82) is 0 Å². The van der Waals surface area contributed by atoms with Gasteiger partial charge in [0, 0.05) is 12.5 Å². The number of ether oxygens (including phenoxy) is 1. The van der Waals surface area contributed by atoms with E-state index in [-0.39, 0.29) is 0 Å². The average Bonchev–Trinajstić information content (AvgIpc) is 2.96. The number of fused-ring (bicyclic) bond motifs is 1. The van der Waals surface area contributed by atoms with E-state index in [9.17, 15) is 0 Å². The summed E-state index contributed by atoms with van der Waals surface area (Å²) < 4.78 is 6.04. The van der Waals surface area contributed by atoms with E-state index in [2.05, 4.69) is 36.5 Å². The molecule has 3 atom stereocenters. The molecule has 2 aliphatic rings. The first kappa shape index (κ1) is 12.0. The van der Waals surface area contributed by atoms with Gasteiger partial charge < -0.3 is 10.1 Å². The highest BCUT2D eigenvalue weighted by Gasteiger charge is 2.30. The van der Waals surface area contributed by atoms with Gasteiger partial charge in [0.1, 0.15) is 11.9 Å². The summed E-state index contributed by atoms with van der Waals surface area (Å²) >= 11 is 0. The van der Waals surface area contributed by atoms with Crippen LogP contribution in [-0.4, -0.2) is 18.7 Å². The maximum Gasteiger partial charge on any atom is 0.123 e. The van der Waals surface area contributed by atoms with Gasteiger partial charge in [-0.05, 0) is 49.8 Å². The summed E-state index contributed by atoms with van der Waals surface area (Å²) in [5.41, 5.74) is 1.39. The zero-order valence-corrected chi connectivity index (χ0v) is 11.2. The first-order valence-electron chi connectivity index (χ1n) is 7.33. The predicted molar refractivity (Wildman–Crippen MR) is 74.0 cm³/mol. The van der Waals surface area contributed by atoms with Gasteiger partial charge in [-0.1, -0.05) is 25.1 Å². The van der Waals surface area contributed by atoms with Crippen LogP contribution in [0, 0.1) is 5.92 Å². The molecule has 1 aromatic rings. The van der Waals surface area contributed by atoms with E-state index >= 15 is 0 Å². The van der Waals surface area contributed by atoms with Crippen LogP contribution < -0.4 is 10.1 Å². The average molecular weight is 245 g/mol. The van der Waals surface area contributed by atoms with Crippen LogP contribution in [0.4, 0.5) is 0 Å². The van der Waals surface area contributed by atoms with E-state index in [0.717, 1.165) is 30.7 Å². The molecule has 0 bridgehead atoms. The summed E-state index contributed by atoms with van der Waals surface area (Å²) in [6, 6.07) is 9.24. The molecule has 0 saturated heterocycles. The standard InChI is InChI=1S/C16H23NO/c1-2-17-14-8-7-12(9-14)10-15-11-13-5-3-4-6-16(13)18-15/h3-6,12,14-15,17H,2,7-11H2,1H3. The molecule has 1 N–H and O–H groups in total. The molecule has 1 aliphatic carbocycles. The molecule has 3 unspecified atom stereocenters. The maximum atomic E-state index is 6.04. The second kappa shape index (κ2) is 5.31. The molecule has 1 fully saturated rings. The molecule has 2 nitrogen and oxygen atoms in total. The fourth-order valence-corrected chi connectivity index (χ4v) is 3.52. The Labute approximate surface area is 110 Å².